The molecule has 104 valence electrons. The van der Waals surface area contributed by atoms with Crippen LogP contribution < -0.4 is 16.6 Å². The van der Waals surface area contributed by atoms with Crippen molar-refractivity contribution in [2.45, 2.75) is 13.0 Å². The predicted molar refractivity (Wildman–Crippen MR) is 74.3 cm³/mol. The first-order valence-corrected chi connectivity index (χ1v) is 6.09. The van der Waals surface area contributed by atoms with E-state index in [9.17, 15) is 9.18 Å². The molecule has 0 aliphatic rings. The van der Waals surface area contributed by atoms with Crippen molar-refractivity contribution in [3.8, 4) is 0 Å². The minimum Gasteiger partial charge on any atom is -0.344 e. The van der Waals surface area contributed by atoms with Gasteiger partial charge in [0.25, 0.3) is 5.91 Å². The molecule has 0 saturated heterocycles. The Hall–Kier alpha value is -2.47. The lowest BCUT2D eigenvalue weighted by Crippen LogP contribution is -2.27. The van der Waals surface area contributed by atoms with Gasteiger partial charge in [0.15, 0.2) is 0 Å². The van der Waals surface area contributed by atoms with Gasteiger partial charge in [0.05, 0.1) is 17.9 Å². The quantitative estimate of drug-likeness (QED) is 0.588. The van der Waals surface area contributed by atoms with Gasteiger partial charge in [-0.2, -0.15) is 0 Å². The molecule has 0 aliphatic carbocycles. The summed E-state index contributed by atoms with van der Waals surface area (Å²) in [5.41, 5.74) is 4.16. The summed E-state index contributed by atoms with van der Waals surface area (Å²) in [5, 5.41) is 2.79. The number of hydrazine groups is 1. The van der Waals surface area contributed by atoms with Gasteiger partial charge in [-0.1, -0.05) is 12.1 Å². The molecule has 6 heteroatoms. The van der Waals surface area contributed by atoms with Crippen LogP contribution in [0.25, 0.3) is 0 Å². The molecule has 1 atom stereocenters. The Morgan fingerprint density at radius 3 is 2.50 bits per heavy atom. The molecule has 0 aliphatic heterocycles. The van der Waals surface area contributed by atoms with Crippen molar-refractivity contribution < 1.29 is 9.18 Å². The van der Waals surface area contributed by atoms with Crippen molar-refractivity contribution in [2.75, 3.05) is 5.43 Å². The summed E-state index contributed by atoms with van der Waals surface area (Å²) in [5.74, 6) is 4.62. The molecule has 20 heavy (non-hydrogen) atoms. The Kier molecular flexibility index (Phi) is 4.27. The van der Waals surface area contributed by atoms with E-state index in [1.54, 1.807) is 24.3 Å². The van der Waals surface area contributed by atoms with Gasteiger partial charge >= 0.3 is 0 Å². The second kappa shape index (κ2) is 6.12. The van der Waals surface area contributed by atoms with E-state index in [1.807, 2.05) is 6.92 Å². The maximum Gasteiger partial charge on any atom is 0.270 e. The first-order valence-electron chi connectivity index (χ1n) is 6.09. The number of nitrogen functional groups attached to an aromatic ring is 1. The number of nitrogens with zero attached hydrogens (tertiary/aromatic N) is 1. The van der Waals surface area contributed by atoms with E-state index in [4.69, 9.17) is 5.84 Å². The normalized spacial score (nSPS) is 11.8. The van der Waals surface area contributed by atoms with Crippen LogP contribution in [0.1, 0.15) is 29.0 Å². The molecule has 2 aromatic rings. The van der Waals surface area contributed by atoms with Crippen molar-refractivity contribution in [3.63, 3.8) is 0 Å². The van der Waals surface area contributed by atoms with Gasteiger partial charge in [-0.15, -0.1) is 0 Å². The maximum absolute atomic E-state index is 12.8. The van der Waals surface area contributed by atoms with Gasteiger partial charge in [0.2, 0.25) is 0 Å². The highest BCUT2D eigenvalue weighted by Gasteiger charge is 2.12. The number of anilines is 1. The lowest BCUT2D eigenvalue weighted by molar-refractivity contribution is 0.0935. The van der Waals surface area contributed by atoms with E-state index in [1.165, 1.54) is 18.3 Å². The Morgan fingerprint density at radius 2 is 1.95 bits per heavy atom. The molecule has 5 nitrogen and oxygen atoms in total. The minimum absolute atomic E-state index is 0.239. The summed E-state index contributed by atoms with van der Waals surface area (Å²) in [7, 11) is 0. The first kappa shape index (κ1) is 14.0. The molecule has 2 rings (SSSR count). The Morgan fingerprint density at radius 1 is 1.25 bits per heavy atom. The van der Waals surface area contributed by atoms with Crippen LogP contribution in [-0.4, -0.2) is 10.9 Å². The third-order valence-electron chi connectivity index (χ3n) is 2.88. The third-order valence-corrected chi connectivity index (χ3v) is 2.88. The van der Waals surface area contributed by atoms with Gasteiger partial charge in [0, 0.05) is 0 Å². The molecule has 1 unspecified atom stereocenters. The van der Waals surface area contributed by atoms with E-state index in [2.05, 4.69) is 15.7 Å². The number of aromatic nitrogens is 1. The SMILES string of the molecule is CC(NC(=O)c1ccc(NN)cn1)c1ccc(F)cc1. The summed E-state index contributed by atoms with van der Waals surface area (Å²) in [6, 6.07) is 8.98. The van der Waals surface area contributed by atoms with Crippen molar-refractivity contribution in [2.24, 2.45) is 5.84 Å². The summed E-state index contributed by atoms with van der Waals surface area (Å²) in [6.07, 6.45) is 1.47. The summed E-state index contributed by atoms with van der Waals surface area (Å²) in [4.78, 5) is 16.0. The molecule has 1 aromatic heterocycles. The van der Waals surface area contributed by atoms with E-state index in [0.29, 0.717) is 5.69 Å². The molecule has 0 bridgehead atoms. The number of nitrogens with one attached hydrogen (secondary N) is 2. The zero-order chi connectivity index (χ0) is 14.5. The molecule has 0 saturated carbocycles. The number of nitrogens with two attached hydrogens (primary N) is 1. The third kappa shape index (κ3) is 3.30. The summed E-state index contributed by atoms with van der Waals surface area (Å²) in [6.45, 7) is 1.82. The zero-order valence-electron chi connectivity index (χ0n) is 10.9. The molecule has 1 heterocycles. The Labute approximate surface area is 116 Å². The fourth-order valence-corrected chi connectivity index (χ4v) is 1.72. The van der Waals surface area contributed by atoms with Crippen LogP contribution in [0.15, 0.2) is 42.6 Å². The average molecular weight is 274 g/mol. The zero-order valence-corrected chi connectivity index (χ0v) is 10.9. The second-order valence-electron chi connectivity index (χ2n) is 4.32. The lowest BCUT2D eigenvalue weighted by atomic mass is 10.1. The molecule has 0 spiro atoms. The molecular weight excluding hydrogens is 259 g/mol. The van der Waals surface area contributed by atoms with E-state index < -0.39 is 0 Å². The van der Waals surface area contributed by atoms with Crippen LogP contribution in [0.4, 0.5) is 10.1 Å². The van der Waals surface area contributed by atoms with Gasteiger partial charge < -0.3 is 10.7 Å². The number of pyridine rings is 1. The number of benzene rings is 1. The standard InChI is InChI=1S/C14H15FN4O/c1-9(10-2-4-11(15)5-3-10)18-14(20)13-7-6-12(19-16)8-17-13/h2-9,19H,16H2,1H3,(H,18,20). The molecule has 0 radical (unpaired) electrons. The smallest absolute Gasteiger partial charge is 0.270 e. The number of carbonyl (C=O) groups excluding carboxylic acids is 1. The number of amides is 1. The van der Waals surface area contributed by atoms with Crippen molar-refractivity contribution >= 4 is 11.6 Å². The highest BCUT2D eigenvalue weighted by Crippen LogP contribution is 2.13. The highest BCUT2D eigenvalue weighted by molar-refractivity contribution is 5.92. The summed E-state index contributed by atoms with van der Waals surface area (Å²) < 4.78 is 12.8. The van der Waals surface area contributed by atoms with Gasteiger partial charge in [0.1, 0.15) is 11.5 Å². The van der Waals surface area contributed by atoms with Crippen LogP contribution in [-0.2, 0) is 0 Å². The highest BCUT2D eigenvalue weighted by atomic mass is 19.1. The van der Waals surface area contributed by atoms with E-state index in [-0.39, 0.29) is 23.5 Å². The maximum atomic E-state index is 12.8. The molecular formula is C14H15FN4O. The van der Waals surface area contributed by atoms with Gasteiger partial charge in [-0.25, -0.2) is 9.37 Å². The minimum atomic E-state index is -0.307. The fraction of sp³-hybridized carbons (Fsp3) is 0.143. The number of rotatable bonds is 4. The molecule has 0 fully saturated rings. The molecule has 1 aromatic carbocycles. The number of halogens is 1. The predicted octanol–water partition coefficient (Wildman–Crippen LogP) is 2.00. The molecule has 4 N–H and O–H groups in total. The number of hydrogen-bond donors (Lipinski definition) is 3. The van der Waals surface area contributed by atoms with Crippen LogP contribution in [0.3, 0.4) is 0 Å². The topological polar surface area (TPSA) is 80.0 Å². The lowest BCUT2D eigenvalue weighted by Gasteiger charge is -2.14. The monoisotopic (exact) mass is 274 g/mol. The van der Waals surface area contributed by atoms with Crippen LogP contribution >= 0.6 is 0 Å². The van der Waals surface area contributed by atoms with E-state index >= 15 is 0 Å². The molecule has 1 amide bonds. The van der Waals surface area contributed by atoms with Crippen LogP contribution in [0, 0.1) is 5.82 Å². The van der Waals surface area contributed by atoms with Crippen LogP contribution in [0.2, 0.25) is 0 Å². The van der Waals surface area contributed by atoms with Crippen molar-refractivity contribution in [3.05, 3.63) is 59.7 Å². The van der Waals surface area contributed by atoms with Crippen LogP contribution in [0.5, 0.6) is 0 Å². The van der Waals surface area contributed by atoms with E-state index in [0.717, 1.165) is 5.56 Å². The second-order valence-corrected chi connectivity index (χ2v) is 4.32. The fourth-order valence-electron chi connectivity index (χ4n) is 1.72. The Bertz CT molecular complexity index is 583. The largest absolute Gasteiger partial charge is 0.344 e. The number of carbonyl (C=O) groups is 1. The number of hydrogen-bond acceptors (Lipinski definition) is 4. The van der Waals surface area contributed by atoms with Crippen molar-refractivity contribution in [1.29, 1.82) is 0 Å². The van der Waals surface area contributed by atoms with Gasteiger partial charge in [-0.3, -0.25) is 10.6 Å². The van der Waals surface area contributed by atoms with Crippen molar-refractivity contribution in [1.82, 2.24) is 10.3 Å². The average Bonchev–Trinajstić information content (AvgIpc) is 2.48. The van der Waals surface area contributed by atoms with Gasteiger partial charge in [-0.05, 0) is 36.8 Å². The Balaban J connectivity index is 2.04. The first-order chi connectivity index (χ1) is 9.60. The summed E-state index contributed by atoms with van der Waals surface area (Å²) >= 11 is 0.